The van der Waals surface area contributed by atoms with Crippen molar-refractivity contribution in [1.82, 2.24) is 5.32 Å². The van der Waals surface area contributed by atoms with E-state index in [4.69, 9.17) is 11.6 Å². The molecule has 4 heteroatoms. The third kappa shape index (κ3) is 2.27. The summed E-state index contributed by atoms with van der Waals surface area (Å²) >= 11 is 7.47. The zero-order valence-electron chi connectivity index (χ0n) is 7.80. The number of hydrogen-bond donors (Lipinski definition) is 1. The molecule has 1 nitrogen and oxygen atoms in total. The van der Waals surface area contributed by atoms with Crippen LogP contribution in [0.3, 0.4) is 0 Å². The fraction of sp³-hybridized carbons (Fsp3) is 0.600. The van der Waals surface area contributed by atoms with Crippen LogP contribution in [-0.2, 0) is 6.54 Å². The molecule has 1 saturated carbocycles. The van der Waals surface area contributed by atoms with Crippen LogP contribution in [0.1, 0.15) is 24.8 Å². The first-order valence-corrected chi connectivity index (χ1v) is 6.12. The molecule has 1 aromatic heterocycles. The van der Waals surface area contributed by atoms with Gasteiger partial charge in [-0.25, -0.2) is 4.39 Å². The molecule has 0 bridgehead atoms. The van der Waals surface area contributed by atoms with Gasteiger partial charge in [0.2, 0.25) is 0 Å². The first kappa shape index (κ1) is 10.4. The summed E-state index contributed by atoms with van der Waals surface area (Å²) in [6, 6.07) is 2.02. The van der Waals surface area contributed by atoms with Crippen molar-refractivity contribution in [2.75, 3.05) is 0 Å². The van der Waals surface area contributed by atoms with Gasteiger partial charge in [0, 0.05) is 12.6 Å². The standard InChI is InChI=1S/C10H13ClFNS/c11-10-7(4-5-14-10)6-13-9-3-1-2-8(9)12/h4-5,8-9,13H,1-3,6H2/t8-,9+/m1/s1. The van der Waals surface area contributed by atoms with E-state index in [1.54, 1.807) is 0 Å². The van der Waals surface area contributed by atoms with Crippen LogP contribution in [0.15, 0.2) is 11.4 Å². The van der Waals surface area contributed by atoms with E-state index in [0.29, 0.717) is 13.0 Å². The Hall–Kier alpha value is -0.120. The van der Waals surface area contributed by atoms with Gasteiger partial charge >= 0.3 is 0 Å². The van der Waals surface area contributed by atoms with Crippen LogP contribution in [0, 0.1) is 0 Å². The normalized spacial score (nSPS) is 27.0. The zero-order chi connectivity index (χ0) is 9.97. The molecule has 0 amide bonds. The van der Waals surface area contributed by atoms with Crippen molar-refractivity contribution in [1.29, 1.82) is 0 Å². The minimum Gasteiger partial charge on any atom is -0.307 e. The van der Waals surface area contributed by atoms with Crippen molar-refractivity contribution in [3.63, 3.8) is 0 Å². The second-order valence-electron chi connectivity index (χ2n) is 3.65. The third-order valence-electron chi connectivity index (χ3n) is 2.68. The first-order chi connectivity index (χ1) is 6.77. The Labute approximate surface area is 92.3 Å². The smallest absolute Gasteiger partial charge is 0.115 e. The van der Waals surface area contributed by atoms with Crippen molar-refractivity contribution < 1.29 is 4.39 Å². The highest BCUT2D eigenvalue weighted by Crippen LogP contribution is 2.25. The molecule has 1 aliphatic carbocycles. The summed E-state index contributed by atoms with van der Waals surface area (Å²) in [5.74, 6) is 0. The van der Waals surface area contributed by atoms with E-state index in [9.17, 15) is 4.39 Å². The third-order valence-corrected chi connectivity index (χ3v) is 3.93. The van der Waals surface area contributed by atoms with Crippen molar-refractivity contribution in [2.45, 2.75) is 38.0 Å². The van der Waals surface area contributed by atoms with Gasteiger partial charge in [-0.15, -0.1) is 11.3 Å². The van der Waals surface area contributed by atoms with Crippen molar-refractivity contribution in [3.8, 4) is 0 Å². The highest BCUT2D eigenvalue weighted by atomic mass is 35.5. The summed E-state index contributed by atoms with van der Waals surface area (Å²) in [6.07, 6.45) is 1.97. The van der Waals surface area contributed by atoms with Gasteiger partial charge in [0.05, 0.1) is 4.34 Å². The van der Waals surface area contributed by atoms with Crippen LogP contribution in [0.2, 0.25) is 4.34 Å². The summed E-state index contributed by atoms with van der Waals surface area (Å²) < 4.78 is 14.0. The lowest BCUT2D eigenvalue weighted by Gasteiger charge is -2.14. The lowest BCUT2D eigenvalue weighted by molar-refractivity contribution is 0.279. The van der Waals surface area contributed by atoms with Crippen LogP contribution >= 0.6 is 22.9 Å². The van der Waals surface area contributed by atoms with Gasteiger partial charge in [0.1, 0.15) is 6.17 Å². The molecule has 0 saturated heterocycles. The molecule has 0 radical (unpaired) electrons. The molecular weight excluding hydrogens is 221 g/mol. The summed E-state index contributed by atoms with van der Waals surface area (Å²) in [6.45, 7) is 0.688. The molecule has 14 heavy (non-hydrogen) atoms. The van der Waals surface area contributed by atoms with Gasteiger partial charge in [-0.3, -0.25) is 0 Å². The van der Waals surface area contributed by atoms with E-state index in [1.165, 1.54) is 11.3 Å². The number of alkyl halides is 1. The maximum absolute atomic E-state index is 13.2. The molecule has 2 rings (SSSR count). The molecule has 1 heterocycles. The molecule has 78 valence electrons. The average molecular weight is 234 g/mol. The maximum atomic E-state index is 13.2. The van der Waals surface area contributed by atoms with Gasteiger partial charge in [0.15, 0.2) is 0 Å². The molecule has 0 aromatic carbocycles. The Morgan fingerprint density at radius 1 is 1.57 bits per heavy atom. The summed E-state index contributed by atoms with van der Waals surface area (Å²) in [7, 11) is 0. The van der Waals surface area contributed by atoms with Gasteiger partial charge in [-0.2, -0.15) is 0 Å². The lowest BCUT2D eigenvalue weighted by Crippen LogP contribution is -2.32. The van der Waals surface area contributed by atoms with Crippen LogP contribution in [0.5, 0.6) is 0 Å². The van der Waals surface area contributed by atoms with Gasteiger partial charge in [-0.1, -0.05) is 11.6 Å². The second kappa shape index (κ2) is 4.60. The Bertz CT molecular complexity index is 302. The SMILES string of the molecule is F[C@@H]1CCC[C@@H]1NCc1ccsc1Cl. The number of nitrogens with one attached hydrogen (secondary N) is 1. The Morgan fingerprint density at radius 2 is 2.43 bits per heavy atom. The van der Waals surface area contributed by atoms with Gasteiger partial charge < -0.3 is 5.32 Å². The van der Waals surface area contributed by atoms with E-state index in [2.05, 4.69) is 5.32 Å². The highest BCUT2D eigenvalue weighted by molar-refractivity contribution is 7.14. The molecule has 1 N–H and O–H groups in total. The van der Waals surface area contributed by atoms with E-state index >= 15 is 0 Å². The fourth-order valence-corrected chi connectivity index (χ4v) is 2.76. The lowest BCUT2D eigenvalue weighted by atomic mass is 10.2. The van der Waals surface area contributed by atoms with E-state index in [-0.39, 0.29) is 6.04 Å². The van der Waals surface area contributed by atoms with Crippen molar-refractivity contribution in [3.05, 3.63) is 21.3 Å². The van der Waals surface area contributed by atoms with E-state index < -0.39 is 6.17 Å². The largest absolute Gasteiger partial charge is 0.307 e. The number of halogens is 2. The minimum absolute atomic E-state index is 0.0333. The summed E-state index contributed by atoms with van der Waals surface area (Å²) in [5.41, 5.74) is 1.08. The average Bonchev–Trinajstić information content (AvgIpc) is 2.72. The van der Waals surface area contributed by atoms with Crippen molar-refractivity contribution >= 4 is 22.9 Å². The predicted octanol–water partition coefficient (Wildman–Crippen LogP) is 3.38. The second-order valence-corrected chi connectivity index (χ2v) is 5.17. The molecule has 1 aromatic rings. The maximum Gasteiger partial charge on any atom is 0.115 e. The Kier molecular flexibility index (Phi) is 3.42. The predicted molar refractivity (Wildman–Crippen MR) is 58.7 cm³/mol. The Balaban J connectivity index is 1.85. The molecule has 1 aliphatic rings. The van der Waals surface area contributed by atoms with Crippen LogP contribution < -0.4 is 5.32 Å². The minimum atomic E-state index is -0.674. The Morgan fingerprint density at radius 3 is 3.00 bits per heavy atom. The van der Waals surface area contributed by atoms with Gasteiger partial charge in [0.25, 0.3) is 0 Å². The van der Waals surface area contributed by atoms with E-state index in [0.717, 1.165) is 22.7 Å². The molecule has 1 fully saturated rings. The van der Waals surface area contributed by atoms with Crippen LogP contribution in [0.25, 0.3) is 0 Å². The first-order valence-electron chi connectivity index (χ1n) is 4.86. The van der Waals surface area contributed by atoms with Crippen LogP contribution in [0.4, 0.5) is 4.39 Å². The molecule has 0 unspecified atom stereocenters. The van der Waals surface area contributed by atoms with E-state index in [1.807, 2.05) is 11.4 Å². The van der Waals surface area contributed by atoms with Gasteiger partial charge in [-0.05, 0) is 36.3 Å². The van der Waals surface area contributed by atoms with Crippen molar-refractivity contribution in [2.24, 2.45) is 0 Å². The monoisotopic (exact) mass is 233 g/mol. The quantitative estimate of drug-likeness (QED) is 0.844. The highest BCUT2D eigenvalue weighted by Gasteiger charge is 2.26. The summed E-state index contributed by atoms with van der Waals surface area (Å²) in [4.78, 5) is 0. The molecular formula is C10H13ClFNS. The summed E-state index contributed by atoms with van der Waals surface area (Å²) in [5, 5.41) is 5.18. The topological polar surface area (TPSA) is 12.0 Å². The molecule has 2 atom stereocenters. The van der Waals surface area contributed by atoms with Crippen LogP contribution in [-0.4, -0.2) is 12.2 Å². The number of rotatable bonds is 3. The zero-order valence-corrected chi connectivity index (χ0v) is 9.37. The molecule has 0 spiro atoms. The molecule has 0 aliphatic heterocycles. The fourth-order valence-electron chi connectivity index (χ4n) is 1.83. The number of thiophene rings is 1. The number of hydrogen-bond acceptors (Lipinski definition) is 2.